The second-order valence-electron chi connectivity index (χ2n) is 11.6. The normalized spacial score (nSPS) is 24.5. The minimum absolute atomic E-state index is 0.186. The molecule has 9 nitrogen and oxygen atoms in total. The molecule has 0 spiro atoms. The predicted molar refractivity (Wildman–Crippen MR) is 161 cm³/mol. The van der Waals surface area contributed by atoms with Gasteiger partial charge in [-0.25, -0.2) is 0 Å². The minimum atomic E-state index is -1.56. The summed E-state index contributed by atoms with van der Waals surface area (Å²) in [4.78, 5) is 12.6. The van der Waals surface area contributed by atoms with Gasteiger partial charge in [0.15, 0.2) is 6.29 Å². The zero-order valence-electron chi connectivity index (χ0n) is 25.8. The van der Waals surface area contributed by atoms with Crippen molar-refractivity contribution in [2.75, 3.05) is 13.2 Å². The summed E-state index contributed by atoms with van der Waals surface area (Å²) in [5, 5.41) is 53.4. The molecule has 9 heteroatoms. The third-order valence-electron chi connectivity index (χ3n) is 7.86. The van der Waals surface area contributed by atoms with E-state index >= 15 is 0 Å². The molecule has 6 N–H and O–H groups in total. The number of nitrogens with one attached hydrogen (secondary N) is 1. The number of hydrogen-bond acceptors (Lipinski definition) is 8. The lowest BCUT2D eigenvalue weighted by Gasteiger charge is -2.40. The number of amides is 1. The van der Waals surface area contributed by atoms with E-state index in [4.69, 9.17) is 9.47 Å². The Morgan fingerprint density at radius 1 is 0.805 bits per heavy atom. The molecular weight excluding hydrogens is 526 g/mol. The highest BCUT2D eigenvalue weighted by molar-refractivity contribution is 5.76. The topological polar surface area (TPSA) is 149 Å². The molecular formula is C32H61NO8. The Morgan fingerprint density at radius 3 is 1.90 bits per heavy atom. The Bertz CT molecular complexity index is 662. The van der Waals surface area contributed by atoms with Crippen LogP contribution in [0.25, 0.3) is 0 Å². The van der Waals surface area contributed by atoms with E-state index in [2.05, 4.69) is 19.2 Å². The molecule has 0 aromatic rings. The summed E-state index contributed by atoms with van der Waals surface area (Å²) in [6.45, 7) is 3.63. The van der Waals surface area contributed by atoms with Crippen LogP contribution in [0.2, 0.25) is 0 Å². The number of hydrogen-bond donors (Lipinski definition) is 6. The molecule has 0 saturated carbocycles. The summed E-state index contributed by atoms with van der Waals surface area (Å²) in [7, 11) is 0. The Morgan fingerprint density at radius 2 is 1.34 bits per heavy atom. The molecule has 1 heterocycles. The number of ether oxygens (including phenoxy) is 2. The largest absolute Gasteiger partial charge is 0.394 e. The minimum Gasteiger partial charge on any atom is -0.394 e. The fourth-order valence-corrected chi connectivity index (χ4v) is 5.09. The molecule has 0 bridgehead atoms. The van der Waals surface area contributed by atoms with E-state index in [-0.39, 0.29) is 12.5 Å². The quantitative estimate of drug-likeness (QED) is 0.0685. The van der Waals surface area contributed by atoms with E-state index in [0.717, 1.165) is 51.4 Å². The summed E-state index contributed by atoms with van der Waals surface area (Å²) in [6.07, 6.45) is 15.8. The van der Waals surface area contributed by atoms with E-state index in [0.29, 0.717) is 6.42 Å². The highest BCUT2D eigenvalue weighted by atomic mass is 16.7. The van der Waals surface area contributed by atoms with Crippen molar-refractivity contribution < 1.29 is 39.8 Å². The summed E-state index contributed by atoms with van der Waals surface area (Å²) in [6, 6.07) is -0.793. The van der Waals surface area contributed by atoms with Crippen LogP contribution in [0.4, 0.5) is 0 Å². The number of rotatable bonds is 25. The van der Waals surface area contributed by atoms with Gasteiger partial charge in [-0.15, -0.1) is 0 Å². The van der Waals surface area contributed by atoms with Gasteiger partial charge in [-0.1, -0.05) is 116 Å². The van der Waals surface area contributed by atoms with Crippen molar-refractivity contribution in [3.05, 3.63) is 12.2 Å². The Labute approximate surface area is 248 Å². The molecule has 0 aromatic carbocycles. The number of unbranched alkanes of at least 4 members (excludes halogenated alkanes) is 15. The summed E-state index contributed by atoms with van der Waals surface area (Å²) in [5.41, 5.74) is 0. The van der Waals surface area contributed by atoms with Crippen molar-refractivity contribution in [2.24, 2.45) is 0 Å². The third kappa shape index (κ3) is 17.0. The molecule has 0 aromatic heterocycles. The van der Waals surface area contributed by atoms with Gasteiger partial charge in [0.25, 0.3) is 0 Å². The lowest BCUT2D eigenvalue weighted by molar-refractivity contribution is -0.302. The van der Waals surface area contributed by atoms with Gasteiger partial charge < -0.3 is 40.3 Å². The Balaban J connectivity index is 2.50. The van der Waals surface area contributed by atoms with Crippen LogP contribution in [-0.2, 0) is 14.3 Å². The molecule has 0 aliphatic carbocycles. The van der Waals surface area contributed by atoms with Crippen molar-refractivity contribution >= 4 is 5.91 Å². The molecule has 242 valence electrons. The zero-order valence-corrected chi connectivity index (χ0v) is 25.8. The lowest BCUT2D eigenvalue weighted by Crippen LogP contribution is -2.60. The molecule has 1 amide bonds. The Hall–Kier alpha value is -1.07. The van der Waals surface area contributed by atoms with Gasteiger partial charge in [-0.2, -0.15) is 0 Å². The van der Waals surface area contributed by atoms with Crippen LogP contribution < -0.4 is 5.32 Å². The maximum atomic E-state index is 12.6. The first kappa shape index (κ1) is 38.0. The van der Waals surface area contributed by atoms with Crippen LogP contribution in [0.3, 0.4) is 0 Å². The van der Waals surface area contributed by atoms with Crippen LogP contribution in [0, 0.1) is 0 Å². The van der Waals surface area contributed by atoms with E-state index in [1.165, 1.54) is 57.8 Å². The van der Waals surface area contributed by atoms with Crippen molar-refractivity contribution in [3.8, 4) is 0 Å². The van der Waals surface area contributed by atoms with Crippen LogP contribution in [0.1, 0.15) is 129 Å². The van der Waals surface area contributed by atoms with Gasteiger partial charge in [-0.3, -0.25) is 4.79 Å². The fraction of sp³-hybridized carbons (Fsp3) is 0.906. The fourth-order valence-electron chi connectivity index (χ4n) is 5.09. The smallest absolute Gasteiger partial charge is 0.220 e. The molecule has 0 unspecified atom stereocenters. The maximum absolute atomic E-state index is 12.6. The molecule has 41 heavy (non-hydrogen) atoms. The van der Waals surface area contributed by atoms with Gasteiger partial charge in [0, 0.05) is 6.42 Å². The first-order chi connectivity index (χ1) is 19.8. The van der Waals surface area contributed by atoms with Gasteiger partial charge in [-0.05, 0) is 19.3 Å². The zero-order chi connectivity index (χ0) is 30.3. The second-order valence-corrected chi connectivity index (χ2v) is 11.6. The molecule has 0 radical (unpaired) electrons. The molecule has 1 aliphatic heterocycles. The number of carbonyl (C=O) groups is 1. The van der Waals surface area contributed by atoms with E-state index in [1.807, 2.05) is 6.08 Å². The standard InChI is InChI=1S/C32H61NO8/c1-3-5-7-9-10-11-12-13-14-15-16-18-19-21-26(35)25(33-28(36)22-20-17-8-6-4-2)24-40-32-31(39)30(38)29(37)27(23-34)41-32/h19,21,25-27,29-32,34-35,37-39H,3-18,20,22-24H2,1-2H3,(H,33,36)/b21-19+/t25-,26+,27+,29-,30-,31+,32-/m0/s1. The molecule has 1 aliphatic rings. The molecule has 1 rings (SSSR count). The van der Waals surface area contributed by atoms with Gasteiger partial charge in [0.1, 0.15) is 24.4 Å². The van der Waals surface area contributed by atoms with Gasteiger partial charge >= 0.3 is 0 Å². The van der Waals surface area contributed by atoms with Crippen LogP contribution in [0.15, 0.2) is 12.2 Å². The van der Waals surface area contributed by atoms with Crippen molar-refractivity contribution in [3.63, 3.8) is 0 Å². The first-order valence-corrected chi connectivity index (χ1v) is 16.4. The molecule has 1 saturated heterocycles. The van der Waals surface area contributed by atoms with Crippen molar-refractivity contribution in [2.45, 2.75) is 172 Å². The van der Waals surface area contributed by atoms with E-state index in [1.54, 1.807) is 6.08 Å². The highest BCUT2D eigenvalue weighted by Crippen LogP contribution is 2.22. The van der Waals surface area contributed by atoms with Gasteiger partial charge in [0.05, 0.1) is 25.4 Å². The number of carbonyl (C=O) groups excluding carboxylic acids is 1. The number of aliphatic hydroxyl groups is 5. The highest BCUT2D eigenvalue weighted by Gasteiger charge is 2.44. The third-order valence-corrected chi connectivity index (χ3v) is 7.86. The molecule has 1 fully saturated rings. The Kier molecular flexibility index (Phi) is 22.6. The maximum Gasteiger partial charge on any atom is 0.220 e. The lowest BCUT2D eigenvalue weighted by atomic mass is 9.99. The van der Waals surface area contributed by atoms with E-state index in [9.17, 15) is 30.3 Å². The summed E-state index contributed by atoms with van der Waals surface area (Å²) < 4.78 is 11.0. The van der Waals surface area contributed by atoms with Crippen molar-refractivity contribution in [1.82, 2.24) is 5.32 Å². The predicted octanol–water partition coefficient (Wildman–Crippen LogP) is 4.27. The number of aliphatic hydroxyl groups excluding tert-OH is 5. The van der Waals surface area contributed by atoms with E-state index < -0.39 is 49.5 Å². The average molecular weight is 588 g/mol. The molecule has 7 atom stereocenters. The average Bonchev–Trinajstić information content (AvgIpc) is 2.97. The monoisotopic (exact) mass is 587 g/mol. The van der Waals surface area contributed by atoms with Crippen molar-refractivity contribution in [1.29, 1.82) is 0 Å². The van der Waals surface area contributed by atoms with Crippen LogP contribution in [-0.4, -0.2) is 87.5 Å². The number of allylic oxidation sites excluding steroid dienone is 1. The van der Waals surface area contributed by atoms with Crippen LogP contribution >= 0.6 is 0 Å². The SMILES string of the molecule is CCCCCCCCCCCCC/C=C/[C@@H](O)[C@H](CO[C@H]1O[C@H](CO)[C@H](O)[C@H](O)[C@H]1O)NC(=O)CCCCCCC. The summed E-state index contributed by atoms with van der Waals surface area (Å²) in [5.74, 6) is -0.193. The van der Waals surface area contributed by atoms with Gasteiger partial charge in [0.2, 0.25) is 5.91 Å². The van der Waals surface area contributed by atoms with Crippen LogP contribution in [0.5, 0.6) is 0 Å². The summed E-state index contributed by atoms with van der Waals surface area (Å²) >= 11 is 0. The first-order valence-electron chi connectivity index (χ1n) is 16.4. The second kappa shape index (κ2) is 24.4.